The highest BCUT2D eigenvalue weighted by Crippen LogP contribution is 2.31. The molecule has 0 bridgehead atoms. The highest BCUT2D eigenvalue weighted by Gasteiger charge is 2.37. The maximum absolute atomic E-state index is 13.4. The molecule has 6 nitrogen and oxygen atoms in total. The summed E-state index contributed by atoms with van der Waals surface area (Å²) in [4.78, 5) is 31.6. The third-order valence-electron chi connectivity index (χ3n) is 6.46. The first-order chi connectivity index (χ1) is 16.4. The fourth-order valence-electron chi connectivity index (χ4n) is 4.64. The third-order valence-corrected chi connectivity index (χ3v) is 7.41. The molecule has 5 rings (SSSR count). The molecule has 2 aliphatic heterocycles. The van der Waals surface area contributed by atoms with Gasteiger partial charge in [0.25, 0.3) is 5.91 Å². The van der Waals surface area contributed by atoms with Crippen molar-refractivity contribution in [2.45, 2.75) is 25.8 Å². The van der Waals surface area contributed by atoms with Gasteiger partial charge in [-0.3, -0.25) is 14.5 Å². The molecule has 3 heterocycles. The molecular weight excluding hydrogens is 512 g/mol. The number of amides is 2. The van der Waals surface area contributed by atoms with Crippen molar-refractivity contribution in [1.29, 1.82) is 0 Å². The summed E-state index contributed by atoms with van der Waals surface area (Å²) in [5.41, 5.74) is 3.06. The normalized spacial score (nSPS) is 17.9. The second-order valence-corrected chi connectivity index (χ2v) is 9.94. The number of carbonyl (C=O) groups excluding carboxylic acids is 2. The first kappa shape index (κ1) is 22.8. The topological polar surface area (TPSA) is 48.8 Å². The van der Waals surface area contributed by atoms with Crippen LogP contribution in [0.1, 0.15) is 24.8 Å². The summed E-state index contributed by atoms with van der Waals surface area (Å²) in [6, 6.07) is 15.4. The number of hydrogen-bond donors (Lipinski definition) is 0. The molecule has 2 fully saturated rings. The van der Waals surface area contributed by atoms with Crippen LogP contribution in [0.3, 0.4) is 0 Å². The van der Waals surface area contributed by atoms with E-state index in [1.54, 1.807) is 9.80 Å². The number of thiocarbonyl (C=S) groups is 1. The van der Waals surface area contributed by atoms with E-state index in [2.05, 4.69) is 15.9 Å². The summed E-state index contributed by atoms with van der Waals surface area (Å²) >= 11 is 9.16. The number of benzene rings is 2. The largest absolute Gasteiger partial charge is 0.341 e. The maximum Gasteiger partial charge on any atom is 0.281 e. The third kappa shape index (κ3) is 4.16. The summed E-state index contributed by atoms with van der Waals surface area (Å²) in [6.07, 6.45) is 7.14. The van der Waals surface area contributed by atoms with Gasteiger partial charge in [0.2, 0.25) is 5.91 Å². The maximum atomic E-state index is 13.4. The average Bonchev–Trinajstić information content (AvgIpc) is 3.29. The average molecular weight is 537 g/mol. The van der Waals surface area contributed by atoms with E-state index in [1.807, 2.05) is 77.3 Å². The molecule has 3 aromatic rings. The number of piperidine rings is 1. The Balaban J connectivity index is 1.52. The van der Waals surface area contributed by atoms with Crippen molar-refractivity contribution in [3.05, 3.63) is 70.5 Å². The van der Waals surface area contributed by atoms with Gasteiger partial charge in [-0.25, -0.2) is 0 Å². The summed E-state index contributed by atoms with van der Waals surface area (Å²) in [5.74, 6) is -0.0387. The van der Waals surface area contributed by atoms with Crippen molar-refractivity contribution in [2.75, 3.05) is 25.0 Å². The zero-order valence-corrected chi connectivity index (χ0v) is 21.3. The highest BCUT2D eigenvalue weighted by molar-refractivity contribution is 9.10. The van der Waals surface area contributed by atoms with Gasteiger partial charge in [-0.05, 0) is 67.9 Å². The minimum Gasteiger partial charge on any atom is -0.341 e. The number of nitrogens with zero attached hydrogens (tertiary/aromatic N) is 4. The zero-order valence-electron chi connectivity index (χ0n) is 18.9. The summed E-state index contributed by atoms with van der Waals surface area (Å²) in [7, 11) is 1.81. The van der Waals surface area contributed by atoms with E-state index in [9.17, 15) is 9.59 Å². The standard InChI is InChI=1S/C26H25BrN4O2S/c1-28-23(25(33)31(26(28)34)20-8-4-2-5-9-20)14-18-16-30(22-11-10-19(27)15-21(18)22)17-24(32)29-12-6-3-7-13-29/h2,4-5,8-11,14-16H,3,6-7,12-13,17H2,1H3/b23-14-. The second-order valence-electron chi connectivity index (χ2n) is 8.66. The van der Waals surface area contributed by atoms with Crippen LogP contribution in [0.2, 0.25) is 0 Å². The van der Waals surface area contributed by atoms with Crippen molar-refractivity contribution in [1.82, 2.24) is 14.4 Å². The van der Waals surface area contributed by atoms with Crippen LogP contribution in [-0.4, -0.2) is 51.4 Å². The Kier molecular flexibility index (Phi) is 6.27. The van der Waals surface area contributed by atoms with E-state index in [0.29, 0.717) is 10.8 Å². The van der Waals surface area contributed by atoms with Crippen molar-refractivity contribution in [3.63, 3.8) is 0 Å². The number of rotatable bonds is 4. The Morgan fingerprint density at radius 3 is 2.56 bits per heavy atom. The van der Waals surface area contributed by atoms with E-state index in [-0.39, 0.29) is 18.4 Å². The van der Waals surface area contributed by atoms with E-state index in [4.69, 9.17) is 12.2 Å². The van der Waals surface area contributed by atoms with Gasteiger partial charge in [0.05, 0.1) is 5.69 Å². The molecule has 0 saturated carbocycles. The summed E-state index contributed by atoms with van der Waals surface area (Å²) in [5, 5.41) is 1.41. The lowest BCUT2D eigenvalue weighted by Gasteiger charge is -2.27. The molecule has 0 atom stereocenters. The van der Waals surface area contributed by atoms with Gasteiger partial charge in [0, 0.05) is 47.3 Å². The minimum absolute atomic E-state index is 0.129. The number of para-hydroxylation sites is 1. The molecule has 2 aliphatic rings. The lowest BCUT2D eigenvalue weighted by atomic mass is 10.1. The highest BCUT2D eigenvalue weighted by atomic mass is 79.9. The molecule has 0 radical (unpaired) electrons. The predicted octanol–water partition coefficient (Wildman–Crippen LogP) is 5.02. The fraction of sp³-hybridized carbons (Fsp3) is 0.269. The van der Waals surface area contributed by atoms with E-state index >= 15 is 0 Å². The second kappa shape index (κ2) is 9.35. The smallest absolute Gasteiger partial charge is 0.281 e. The number of hydrogen-bond acceptors (Lipinski definition) is 3. The van der Waals surface area contributed by atoms with Gasteiger partial charge in [-0.1, -0.05) is 34.1 Å². The van der Waals surface area contributed by atoms with Crippen LogP contribution in [0.4, 0.5) is 5.69 Å². The number of likely N-dealkylation sites (N-methyl/N-ethyl adjacent to an activating group) is 1. The number of fused-ring (bicyclic) bond motifs is 1. The van der Waals surface area contributed by atoms with E-state index in [0.717, 1.165) is 52.6 Å². The Morgan fingerprint density at radius 1 is 1.09 bits per heavy atom. The molecule has 0 aliphatic carbocycles. The van der Waals surface area contributed by atoms with Gasteiger partial charge in [0.15, 0.2) is 5.11 Å². The fourth-order valence-corrected chi connectivity index (χ4v) is 5.29. The number of anilines is 1. The summed E-state index contributed by atoms with van der Waals surface area (Å²) in [6.45, 7) is 1.93. The van der Waals surface area contributed by atoms with Gasteiger partial charge in [-0.15, -0.1) is 0 Å². The predicted molar refractivity (Wildman–Crippen MR) is 142 cm³/mol. The van der Waals surface area contributed by atoms with Gasteiger partial charge < -0.3 is 14.4 Å². The quantitative estimate of drug-likeness (QED) is 0.347. The minimum atomic E-state index is -0.168. The van der Waals surface area contributed by atoms with E-state index < -0.39 is 0 Å². The Bertz CT molecular complexity index is 1310. The molecular formula is C26H25BrN4O2S. The van der Waals surface area contributed by atoms with Gasteiger partial charge in [-0.2, -0.15) is 0 Å². The lowest BCUT2D eigenvalue weighted by molar-refractivity contribution is -0.132. The monoisotopic (exact) mass is 536 g/mol. The Morgan fingerprint density at radius 2 is 1.82 bits per heavy atom. The first-order valence-electron chi connectivity index (χ1n) is 11.4. The Labute approximate surface area is 212 Å². The molecule has 0 N–H and O–H groups in total. The molecule has 0 unspecified atom stereocenters. The molecule has 8 heteroatoms. The van der Waals surface area contributed by atoms with Crippen LogP contribution in [0.5, 0.6) is 0 Å². The number of carbonyl (C=O) groups is 2. The molecule has 174 valence electrons. The molecule has 2 saturated heterocycles. The van der Waals surface area contributed by atoms with Crippen LogP contribution >= 0.6 is 28.1 Å². The van der Waals surface area contributed by atoms with Crippen LogP contribution in [-0.2, 0) is 16.1 Å². The van der Waals surface area contributed by atoms with Crippen molar-refractivity contribution in [3.8, 4) is 0 Å². The van der Waals surface area contributed by atoms with Crippen LogP contribution in [0.25, 0.3) is 17.0 Å². The molecule has 0 spiro atoms. The molecule has 2 aromatic carbocycles. The molecule has 1 aromatic heterocycles. The zero-order chi connectivity index (χ0) is 23.8. The first-order valence-corrected chi connectivity index (χ1v) is 12.6. The van der Waals surface area contributed by atoms with Crippen molar-refractivity contribution < 1.29 is 9.59 Å². The van der Waals surface area contributed by atoms with Crippen LogP contribution in [0, 0.1) is 0 Å². The Hall–Kier alpha value is -2.97. The van der Waals surface area contributed by atoms with E-state index in [1.165, 1.54) is 6.42 Å². The molecule has 2 amide bonds. The van der Waals surface area contributed by atoms with Crippen LogP contribution in [0.15, 0.2) is 64.9 Å². The summed E-state index contributed by atoms with van der Waals surface area (Å²) < 4.78 is 2.92. The number of aromatic nitrogens is 1. The number of likely N-dealkylation sites (tertiary alicyclic amines) is 1. The number of halogens is 1. The van der Waals surface area contributed by atoms with Crippen molar-refractivity contribution in [2.24, 2.45) is 0 Å². The van der Waals surface area contributed by atoms with Crippen molar-refractivity contribution >= 4 is 67.7 Å². The SMILES string of the molecule is CN1C(=S)N(c2ccccc2)C(=O)/C1=C/c1cn(CC(=O)N2CCCCC2)c2ccc(Br)cc12. The van der Waals surface area contributed by atoms with Gasteiger partial charge >= 0.3 is 0 Å². The van der Waals surface area contributed by atoms with Gasteiger partial charge in [0.1, 0.15) is 12.2 Å². The molecule has 34 heavy (non-hydrogen) atoms. The van der Waals surface area contributed by atoms with Crippen LogP contribution < -0.4 is 4.90 Å². The lowest BCUT2D eigenvalue weighted by Crippen LogP contribution is -2.37.